The maximum atomic E-state index is 6.02. The van der Waals surface area contributed by atoms with Crippen molar-refractivity contribution in [3.05, 3.63) is 22.3 Å². The first-order valence-electron chi connectivity index (χ1n) is 5.58. The molecular formula is C13H19NO2. The lowest BCUT2D eigenvalue weighted by Crippen LogP contribution is -2.19. The molecule has 1 aromatic carbocycles. The highest BCUT2D eigenvalue weighted by Crippen LogP contribution is 2.42. The third kappa shape index (κ3) is 1.47. The summed E-state index contributed by atoms with van der Waals surface area (Å²) in [6.07, 6.45) is 1.77. The summed E-state index contributed by atoms with van der Waals surface area (Å²) in [5, 5.41) is 0. The Kier molecular flexibility index (Phi) is 2.80. The van der Waals surface area contributed by atoms with Gasteiger partial charge in [-0.1, -0.05) is 0 Å². The topological polar surface area (TPSA) is 44.5 Å². The second kappa shape index (κ2) is 3.98. The van der Waals surface area contributed by atoms with Gasteiger partial charge in [0.15, 0.2) is 0 Å². The minimum absolute atomic E-state index is 0.194. The molecule has 0 fully saturated rings. The van der Waals surface area contributed by atoms with Crippen molar-refractivity contribution in [3.63, 3.8) is 0 Å². The third-order valence-electron chi connectivity index (χ3n) is 3.50. The van der Waals surface area contributed by atoms with Crippen LogP contribution in [-0.2, 0) is 12.8 Å². The van der Waals surface area contributed by atoms with Crippen LogP contribution < -0.4 is 15.2 Å². The molecule has 0 bridgehead atoms. The van der Waals surface area contributed by atoms with E-state index in [9.17, 15) is 0 Å². The molecule has 88 valence electrons. The molecule has 0 unspecified atom stereocenters. The van der Waals surface area contributed by atoms with E-state index in [0.717, 1.165) is 35.5 Å². The van der Waals surface area contributed by atoms with Crippen LogP contribution in [0.15, 0.2) is 0 Å². The van der Waals surface area contributed by atoms with Crippen molar-refractivity contribution in [3.8, 4) is 11.5 Å². The number of fused-ring (bicyclic) bond motifs is 1. The van der Waals surface area contributed by atoms with Gasteiger partial charge in [-0.15, -0.1) is 0 Å². The maximum absolute atomic E-state index is 6.02. The van der Waals surface area contributed by atoms with Gasteiger partial charge in [-0.25, -0.2) is 0 Å². The van der Waals surface area contributed by atoms with Crippen LogP contribution in [0.2, 0.25) is 0 Å². The molecule has 16 heavy (non-hydrogen) atoms. The smallest absolute Gasteiger partial charge is 0.125 e. The zero-order chi connectivity index (χ0) is 11.9. The minimum atomic E-state index is 0.194. The Bertz CT molecular complexity index is 388. The van der Waals surface area contributed by atoms with Crippen LogP contribution in [0.3, 0.4) is 0 Å². The fraction of sp³-hybridized carbons (Fsp3) is 0.538. The predicted octanol–water partition coefficient (Wildman–Crippen LogP) is 1.75. The van der Waals surface area contributed by atoms with Gasteiger partial charge in [0, 0.05) is 17.2 Å². The van der Waals surface area contributed by atoms with E-state index in [1.165, 1.54) is 11.1 Å². The van der Waals surface area contributed by atoms with E-state index >= 15 is 0 Å². The van der Waals surface area contributed by atoms with Crippen molar-refractivity contribution in [2.75, 3.05) is 14.2 Å². The van der Waals surface area contributed by atoms with E-state index in [-0.39, 0.29) is 6.04 Å². The zero-order valence-corrected chi connectivity index (χ0v) is 10.4. The van der Waals surface area contributed by atoms with Gasteiger partial charge >= 0.3 is 0 Å². The maximum Gasteiger partial charge on any atom is 0.125 e. The molecule has 0 saturated heterocycles. The summed E-state index contributed by atoms with van der Waals surface area (Å²) >= 11 is 0. The summed E-state index contributed by atoms with van der Waals surface area (Å²) in [5.41, 5.74) is 10.8. The molecule has 0 aliphatic heterocycles. The lowest BCUT2D eigenvalue weighted by molar-refractivity contribution is 0.392. The van der Waals surface area contributed by atoms with Gasteiger partial charge in [-0.2, -0.15) is 0 Å². The first-order chi connectivity index (χ1) is 7.60. The second-order valence-electron chi connectivity index (χ2n) is 4.44. The summed E-state index contributed by atoms with van der Waals surface area (Å²) in [5.74, 6) is 1.97. The Morgan fingerprint density at radius 2 is 1.31 bits per heavy atom. The van der Waals surface area contributed by atoms with Crippen LogP contribution in [0.1, 0.15) is 22.3 Å². The number of hydrogen-bond donors (Lipinski definition) is 1. The predicted molar refractivity (Wildman–Crippen MR) is 64.4 cm³/mol. The van der Waals surface area contributed by atoms with E-state index < -0.39 is 0 Å². The molecule has 0 saturated carbocycles. The van der Waals surface area contributed by atoms with Gasteiger partial charge < -0.3 is 15.2 Å². The van der Waals surface area contributed by atoms with Crippen molar-refractivity contribution >= 4 is 0 Å². The van der Waals surface area contributed by atoms with Gasteiger partial charge in [-0.3, -0.25) is 0 Å². The Hall–Kier alpha value is -1.22. The zero-order valence-electron chi connectivity index (χ0n) is 10.4. The molecule has 0 spiro atoms. The molecule has 3 nitrogen and oxygen atoms in total. The largest absolute Gasteiger partial charge is 0.496 e. The number of hydrogen-bond acceptors (Lipinski definition) is 3. The number of rotatable bonds is 2. The Balaban J connectivity index is 2.69. The Labute approximate surface area is 96.5 Å². The van der Waals surface area contributed by atoms with Crippen molar-refractivity contribution in [1.29, 1.82) is 0 Å². The number of benzene rings is 1. The van der Waals surface area contributed by atoms with E-state index in [4.69, 9.17) is 15.2 Å². The highest BCUT2D eigenvalue weighted by molar-refractivity contribution is 5.60. The van der Waals surface area contributed by atoms with Crippen molar-refractivity contribution in [2.24, 2.45) is 5.73 Å². The van der Waals surface area contributed by atoms with Gasteiger partial charge in [0.05, 0.1) is 14.2 Å². The SMILES string of the molecule is COc1c(C)c(C)c(OC)c2c1CC(N)C2. The number of methoxy groups -OCH3 is 2. The molecule has 1 aliphatic carbocycles. The highest BCUT2D eigenvalue weighted by atomic mass is 16.5. The lowest BCUT2D eigenvalue weighted by Gasteiger charge is -2.17. The van der Waals surface area contributed by atoms with Crippen LogP contribution in [0.4, 0.5) is 0 Å². The fourth-order valence-corrected chi connectivity index (χ4v) is 2.65. The molecular weight excluding hydrogens is 202 g/mol. The van der Waals surface area contributed by atoms with Crippen LogP contribution in [-0.4, -0.2) is 20.3 Å². The first kappa shape index (κ1) is 11.3. The fourth-order valence-electron chi connectivity index (χ4n) is 2.65. The van der Waals surface area contributed by atoms with Crippen molar-refractivity contribution in [1.82, 2.24) is 0 Å². The van der Waals surface area contributed by atoms with Gasteiger partial charge in [0.25, 0.3) is 0 Å². The molecule has 1 aromatic rings. The van der Waals surface area contributed by atoms with E-state index in [1.807, 2.05) is 0 Å². The number of nitrogens with two attached hydrogens (primary N) is 1. The molecule has 3 heteroatoms. The highest BCUT2D eigenvalue weighted by Gasteiger charge is 2.28. The Morgan fingerprint density at radius 3 is 1.62 bits per heavy atom. The molecule has 0 amide bonds. The van der Waals surface area contributed by atoms with E-state index in [0.29, 0.717) is 0 Å². The van der Waals surface area contributed by atoms with Crippen LogP contribution in [0.25, 0.3) is 0 Å². The van der Waals surface area contributed by atoms with Gasteiger partial charge in [0.2, 0.25) is 0 Å². The molecule has 0 radical (unpaired) electrons. The van der Waals surface area contributed by atoms with Crippen LogP contribution in [0, 0.1) is 13.8 Å². The third-order valence-corrected chi connectivity index (χ3v) is 3.50. The van der Waals surface area contributed by atoms with E-state index in [2.05, 4.69) is 13.8 Å². The van der Waals surface area contributed by atoms with Crippen LogP contribution >= 0.6 is 0 Å². The summed E-state index contributed by atoms with van der Waals surface area (Å²) in [6, 6.07) is 0.194. The summed E-state index contributed by atoms with van der Waals surface area (Å²) in [7, 11) is 3.44. The van der Waals surface area contributed by atoms with Crippen molar-refractivity contribution in [2.45, 2.75) is 32.7 Å². The van der Waals surface area contributed by atoms with Gasteiger partial charge in [0.1, 0.15) is 11.5 Å². The average molecular weight is 221 g/mol. The normalized spacial score (nSPS) is 15.1. The van der Waals surface area contributed by atoms with E-state index in [1.54, 1.807) is 14.2 Å². The quantitative estimate of drug-likeness (QED) is 0.827. The number of ether oxygens (including phenoxy) is 2. The first-order valence-corrected chi connectivity index (χ1v) is 5.58. The molecule has 2 N–H and O–H groups in total. The molecule has 2 rings (SSSR count). The molecule has 1 aliphatic rings. The van der Waals surface area contributed by atoms with Gasteiger partial charge in [-0.05, 0) is 37.8 Å². The molecule has 0 atom stereocenters. The standard InChI is InChI=1S/C13H19NO2/c1-7-8(2)13(16-4)11-6-9(14)5-10(11)12(7)15-3/h9H,5-6,14H2,1-4H3. The summed E-state index contributed by atoms with van der Waals surface area (Å²) in [6.45, 7) is 4.14. The monoisotopic (exact) mass is 221 g/mol. The van der Waals surface area contributed by atoms with Crippen molar-refractivity contribution < 1.29 is 9.47 Å². The Morgan fingerprint density at radius 1 is 0.938 bits per heavy atom. The summed E-state index contributed by atoms with van der Waals surface area (Å²) < 4.78 is 11.0. The minimum Gasteiger partial charge on any atom is -0.496 e. The second-order valence-corrected chi connectivity index (χ2v) is 4.44. The average Bonchev–Trinajstić information content (AvgIpc) is 2.62. The summed E-state index contributed by atoms with van der Waals surface area (Å²) in [4.78, 5) is 0. The van der Waals surface area contributed by atoms with Crippen LogP contribution in [0.5, 0.6) is 11.5 Å². The lowest BCUT2D eigenvalue weighted by atomic mass is 9.98. The molecule has 0 heterocycles. The molecule has 0 aromatic heterocycles.